The molecule has 32 heavy (non-hydrogen) atoms. The van der Waals surface area contributed by atoms with Gasteiger partial charge in [0.05, 0.1) is 30.0 Å². The summed E-state index contributed by atoms with van der Waals surface area (Å²) in [4.78, 5) is 8.81. The van der Waals surface area contributed by atoms with Crippen molar-refractivity contribution in [1.82, 2.24) is 20.2 Å². The quantitative estimate of drug-likeness (QED) is 0.152. The summed E-state index contributed by atoms with van der Waals surface area (Å²) in [5.74, 6) is 0.657. The SMILES string of the molecule is CCNC(=NCC(O)c1ccc(OC(F)F)cc1)NCCCn1cnc2ccccc21.I. The van der Waals surface area contributed by atoms with Crippen LogP contribution >= 0.6 is 24.0 Å². The Labute approximate surface area is 202 Å². The van der Waals surface area contributed by atoms with E-state index in [0.717, 1.165) is 24.0 Å². The second kappa shape index (κ2) is 13.2. The number of hydrogen-bond donors (Lipinski definition) is 3. The summed E-state index contributed by atoms with van der Waals surface area (Å²) >= 11 is 0. The van der Waals surface area contributed by atoms with Gasteiger partial charge in [-0.3, -0.25) is 4.99 Å². The minimum absolute atomic E-state index is 0. The van der Waals surface area contributed by atoms with Gasteiger partial charge in [-0.25, -0.2) is 4.98 Å². The van der Waals surface area contributed by atoms with Crippen molar-refractivity contribution < 1.29 is 18.6 Å². The van der Waals surface area contributed by atoms with Gasteiger partial charge in [-0.15, -0.1) is 24.0 Å². The number of alkyl halides is 2. The molecule has 0 aliphatic heterocycles. The lowest BCUT2D eigenvalue weighted by Crippen LogP contribution is -2.38. The summed E-state index contributed by atoms with van der Waals surface area (Å²) in [7, 11) is 0. The maximum absolute atomic E-state index is 12.2. The van der Waals surface area contributed by atoms with Gasteiger partial charge in [-0.1, -0.05) is 24.3 Å². The summed E-state index contributed by atoms with van der Waals surface area (Å²) in [6.45, 7) is 1.44. The van der Waals surface area contributed by atoms with Crippen molar-refractivity contribution in [2.24, 2.45) is 4.99 Å². The monoisotopic (exact) mass is 559 g/mol. The Kier molecular flexibility index (Phi) is 10.6. The zero-order valence-electron chi connectivity index (χ0n) is 17.7. The van der Waals surface area contributed by atoms with Gasteiger partial charge < -0.3 is 25.0 Å². The van der Waals surface area contributed by atoms with Crippen LogP contribution in [0.2, 0.25) is 0 Å². The fourth-order valence-electron chi connectivity index (χ4n) is 3.14. The number of aliphatic hydroxyl groups excluding tert-OH is 1. The number of hydrogen-bond acceptors (Lipinski definition) is 4. The molecule has 3 aromatic rings. The highest BCUT2D eigenvalue weighted by molar-refractivity contribution is 14.0. The van der Waals surface area contributed by atoms with Crippen LogP contribution in [0.3, 0.4) is 0 Å². The predicted octanol–water partition coefficient (Wildman–Crippen LogP) is 3.93. The number of nitrogens with zero attached hydrogens (tertiary/aromatic N) is 3. The molecule has 1 aromatic heterocycles. The van der Waals surface area contributed by atoms with E-state index in [2.05, 4.69) is 36.0 Å². The highest BCUT2D eigenvalue weighted by Crippen LogP contribution is 2.19. The summed E-state index contributed by atoms with van der Waals surface area (Å²) in [6.07, 6.45) is 1.87. The highest BCUT2D eigenvalue weighted by atomic mass is 127. The maximum Gasteiger partial charge on any atom is 0.387 e. The van der Waals surface area contributed by atoms with Gasteiger partial charge in [-0.2, -0.15) is 8.78 Å². The van der Waals surface area contributed by atoms with Crippen LogP contribution in [-0.2, 0) is 6.54 Å². The van der Waals surface area contributed by atoms with Crippen LogP contribution in [0.1, 0.15) is 25.0 Å². The zero-order valence-corrected chi connectivity index (χ0v) is 20.1. The van der Waals surface area contributed by atoms with E-state index in [0.29, 0.717) is 24.6 Å². The van der Waals surface area contributed by atoms with Gasteiger partial charge in [0.1, 0.15) is 5.75 Å². The number of nitrogens with one attached hydrogen (secondary N) is 2. The lowest BCUT2D eigenvalue weighted by atomic mass is 10.1. The average molecular weight is 559 g/mol. The molecule has 0 bridgehead atoms. The normalized spacial score (nSPS) is 12.5. The lowest BCUT2D eigenvalue weighted by Gasteiger charge is -2.14. The minimum atomic E-state index is -2.87. The number of para-hydroxylation sites is 2. The Hall–Kier alpha value is -2.47. The Morgan fingerprint density at radius 1 is 1.16 bits per heavy atom. The third kappa shape index (κ3) is 7.59. The molecule has 0 aliphatic carbocycles. The van der Waals surface area contributed by atoms with E-state index in [1.165, 1.54) is 12.1 Å². The number of aryl methyl sites for hydroxylation is 1. The Balaban J connectivity index is 0.00000363. The molecule has 1 unspecified atom stereocenters. The van der Waals surface area contributed by atoms with Crippen LogP contribution in [0.25, 0.3) is 11.0 Å². The lowest BCUT2D eigenvalue weighted by molar-refractivity contribution is -0.0498. The molecule has 0 saturated carbocycles. The number of guanidine groups is 1. The van der Waals surface area contributed by atoms with E-state index in [1.807, 2.05) is 31.5 Å². The number of aliphatic hydroxyl groups is 1. The number of halogens is 3. The third-order valence-corrected chi connectivity index (χ3v) is 4.65. The van der Waals surface area contributed by atoms with Crippen LogP contribution in [-0.4, -0.2) is 46.9 Å². The number of aliphatic imine (C=N–C) groups is 1. The number of benzene rings is 2. The van der Waals surface area contributed by atoms with Crippen molar-refractivity contribution in [3.8, 4) is 5.75 Å². The molecular formula is C22H28F2IN5O2. The molecule has 0 aliphatic rings. The molecule has 3 rings (SSSR count). The van der Waals surface area contributed by atoms with Crippen molar-refractivity contribution >= 4 is 41.0 Å². The van der Waals surface area contributed by atoms with Gasteiger partial charge in [0, 0.05) is 19.6 Å². The molecule has 7 nitrogen and oxygen atoms in total. The first-order valence-corrected chi connectivity index (χ1v) is 10.2. The standard InChI is InChI=1S/C22H27F2N5O2.HI/c1-2-25-22(26-12-5-13-29-15-28-18-6-3-4-7-19(18)29)27-14-20(30)16-8-10-17(11-9-16)31-21(23)24;/h3-4,6-11,15,20-21,30H,2,5,12-14H2,1H3,(H2,25,26,27);1H. The number of rotatable bonds is 10. The number of ether oxygens (including phenoxy) is 1. The van der Waals surface area contributed by atoms with E-state index in [-0.39, 0.29) is 36.3 Å². The van der Waals surface area contributed by atoms with Crippen molar-refractivity contribution in [1.29, 1.82) is 0 Å². The summed E-state index contributed by atoms with van der Waals surface area (Å²) in [5, 5.41) is 16.8. The van der Waals surface area contributed by atoms with Gasteiger partial charge in [-0.05, 0) is 43.2 Å². The second-order valence-corrected chi connectivity index (χ2v) is 6.89. The summed E-state index contributed by atoms with van der Waals surface area (Å²) in [6, 6.07) is 13.9. The number of fused-ring (bicyclic) bond motifs is 1. The molecule has 174 valence electrons. The third-order valence-electron chi connectivity index (χ3n) is 4.65. The van der Waals surface area contributed by atoms with Gasteiger partial charge in [0.25, 0.3) is 0 Å². The van der Waals surface area contributed by atoms with E-state index < -0.39 is 12.7 Å². The number of aromatic nitrogens is 2. The smallest absolute Gasteiger partial charge is 0.387 e. The fraction of sp³-hybridized carbons (Fsp3) is 0.364. The molecular weight excluding hydrogens is 531 g/mol. The van der Waals surface area contributed by atoms with Crippen LogP contribution in [0, 0.1) is 0 Å². The molecule has 1 heterocycles. The van der Waals surface area contributed by atoms with Crippen LogP contribution in [0.15, 0.2) is 59.9 Å². The zero-order chi connectivity index (χ0) is 22.1. The van der Waals surface area contributed by atoms with E-state index in [4.69, 9.17) is 0 Å². The van der Waals surface area contributed by atoms with Crippen molar-refractivity contribution in [3.05, 3.63) is 60.4 Å². The van der Waals surface area contributed by atoms with Crippen LogP contribution < -0.4 is 15.4 Å². The Morgan fingerprint density at radius 3 is 2.62 bits per heavy atom. The van der Waals surface area contributed by atoms with Crippen molar-refractivity contribution in [3.63, 3.8) is 0 Å². The Morgan fingerprint density at radius 2 is 1.91 bits per heavy atom. The first-order valence-electron chi connectivity index (χ1n) is 10.2. The second-order valence-electron chi connectivity index (χ2n) is 6.89. The molecule has 0 fully saturated rings. The predicted molar refractivity (Wildman–Crippen MR) is 132 cm³/mol. The van der Waals surface area contributed by atoms with Crippen molar-refractivity contribution in [2.45, 2.75) is 32.6 Å². The first kappa shape index (κ1) is 25.8. The molecule has 2 aromatic carbocycles. The fourth-order valence-corrected chi connectivity index (χ4v) is 3.14. The average Bonchev–Trinajstić information content (AvgIpc) is 3.18. The van der Waals surface area contributed by atoms with E-state index in [1.54, 1.807) is 12.1 Å². The molecule has 1 atom stereocenters. The van der Waals surface area contributed by atoms with Gasteiger partial charge >= 0.3 is 6.61 Å². The van der Waals surface area contributed by atoms with E-state index >= 15 is 0 Å². The minimum Gasteiger partial charge on any atom is -0.435 e. The maximum atomic E-state index is 12.2. The molecule has 3 N–H and O–H groups in total. The van der Waals surface area contributed by atoms with Gasteiger partial charge in [0.15, 0.2) is 5.96 Å². The van der Waals surface area contributed by atoms with Gasteiger partial charge in [0.2, 0.25) is 0 Å². The van der Waals surface area contributed by atoms with Crippen LogP contribution in [0.5, 0.6) is 5.75 Å². The molecule has 0 saturated heterocycles. The van der Waals surface area contributed by atoms with E-state index in [9.17, 15) is 13.9 Å². The van der Waals surface area contributed by atoms with Crippen LogP contribution in [0.4, 0.5) is 8.78 Å². The highest BCUT2D eigenvalue weighted by Gasteiger charge is 2.10. The topological polar surface area (TPSA) is 83.7 Å². The molecule has 0 amide bonds. The first-order chi connectivity index (χ1) is 15.1. The largest absolute Gasteiger partial charge is 0.435 e. The molecule has 0 radical (unpaired) electrons. The number of imidazole rings is 1. The summed E-state index contributed by atoms with van der Waals surface area (Å²) in [5.41, 5.74) is 2.66. The van der Waals surface area contributed by atoms with Crippen molar-refractivity contribution in [2.75, 3.05) is 19.6 Å². The molecule has 0 spiro atoms. The molecule has 10 heteroatoms. The summed E-state index contributed by atoms with van der Waals surface area (Å²) < 4.78 is 30.9. The Bertz CT molecular complexity index is 982.